The van der Waals surface area contributed by atoms with Crippen molar-refractivity contribution >= 4 is 57.1 Å². The Bertz CT molecular complexity index is 537. The Hall–Kier alpha value is -0.990. The fourth-order valence-electron chi connectivity index (χ4n) is 2.20. The zero-order chi connectivity index (χ0) is 20.5. The molecule has 3 atom stereocenters. The van der Waals surface area contributed by atoms with Crippen LogP contribution in [0.5, 0.6) is 0 Å². The fourth-order valence-corrected chi connectivity index (χ4v) is 2.81. The lowest BCUT2D eigenvalue weighted by Gasteiger charge is -2.34. The standard InChI is InChI=1S/C15H23BrN2O5.CH2Cl2/c1-8(19)17-10-6-9(13(20)22-5)7-11(12(10)16)18-14(21)23-15(2,3)4;2-1-3/h6,10-12H,7H2,1-5H3,(H,17,19)(H,18,21);1H2/t10-,11-,12+;/m0./s1. The third-order valence-electron chi connectivity index (χ3n) is 3.07. The summed E-state index contributed by atoms with van der Waals surface area (Å²) >= 11 is 13.0. The number of amides is 2. The second kappa shape index (κ2) is 11.7. The Morgan fingerprint density at radius 2 is 1.81 bits per heavy atom. The third kappa shape index (κ3) is 9.64. The van der Waals surface area contributed by atoms with Gasteiger partial charge in [0.05, 0.1) is 29.4 Å². The van der Waals surface area contributed by atoms with Gasteiger partial charge in [0.15, 0.2) is 0 Å². The molecule has 0 fully saturated rings. The van der Waals surface area contributed by atoms with Crippen LogP contribution in [-0.2, 0) is 19.1 Å². The van der Waals surface area contributed by atoms with Crippen LogP contribution in [0.2, 0.25) is 0 Å². The van der Waals surface area contributed by atoms with E-state index < -0.39 is 29.7 Å². The normalized spacial score (nSPS) is 22.2. The van der Waals surface area contributed by atoms with Gasteiger partial charge in [-0.05, 0) is 20.8 Å². The van der Waals surface area contributed by atoms with E-state index in [9.17, 15) is 14.4 Å². The van der Waals surface area contributed by atoms with Crippen LogP contribution >= 0.6 is 39.1 Å². The van der Waals surface area contributed by atoms with Crippen molar-refractivity contribution in [2.45, 2.75) is 56.6 Å². The van der Waals surface area contributed by atoms with E-state index in [1.54, 1.807) is 26.8 Å². The number of esters is 1. The smallest absolute Gasteiger partial charge is 0.407 e. The number of hydrogen-bond acceptors (Lipinski definition) is 5. The lowest BCUT2D eigenvalue weighted by molar-refractivity contribution is -0.136. The summed E-state index contributed by atoms with van der Waals surface area (Å²) in [4.78, 5) is 34.8. The van der Waals surface area contributed by atoms with Gasteiger partial charge >= 0.3 is 12.1 Å². The molecule has 0 saturated heterocycles. The SMILES string of the molecule is COC(=O)C1=C[C@H](NC(C)=O)[C@@H](Br)[C@@H](NC(=O)OC(C)(C)C)C1.ClCCl. The molecule has 1 aliphatic carbocycles. The first kappa shape index (κ1) is 25.0. The summed E-state index contributed by atoms with van der Waals surface area (Å²) < 4.78 is 9.97. The van der Waals surface area contributed by atoms with Crippen LogP contribution < -0.4 is 10.6 Å². The van der Waals surface area contributed by atoms with Crippen molar-refractivity contribution in [2.75, 3.05) is 12.4 Å². The van der Waals surface area contributed by atoms with Crippen LogP contribution in [0.4, 0.5) is 4.79 Å². The molecule has 0 unspecified atom stereocenters. The maximum Gasteiger partial charge on any atom is 0.407 e. The van der Waals surface area contributed by atoms with Gasteiger partial charge in [-0.3, -0.25) is 4.79 Å². The number of alkyl carbamates (subject to hydrolysis) is 1. The monoisotopic (exact) mass is 474 g/mol. The van der Waals surface area contributed by atoms with Gasteiger partial charge < -0.3 is 20.1 Å². The van der Waals surface area contributed by atoms with Crippen LogP contribution in [0.25, 0.3) is 0 Å². The number of carbonyl (C=O) groups is 3. The highest BCUT2D eigenvalue weighted by molar-refractivity contribution is 9.09. The molecule has 0 aromatic heterocycles. The summed E-state index contributed by atoms with van der Waals surface area (Å²) in [6, 6.07) is -0.879. The number of halogens is 3. The third-order valence-corrected chi connectivity index (χ3v) is 4.28. The van der Waals surface area contributed by atoms with E-state index in [2.05, 4.69) is 26.6 Å². The Morgan fingerprint density at radius 1 is 1.27 bits per heavy atom. The Balaban J connectivity index is 0.00000194. The predicted octanol–water partition coefficient (Wildman–Crippen LogP) is 3.07. The van der Waals surface area contributed by atoms with Gasteiger partial charge in [0.25, 0.3) is 0 Å². The number of rotatable bonds is 3. The lowest BCUT2D eigenvalue weighted by atomic mass is 9.91. The van der Waals surface area contributed by atoms with Crippen molar-refractivity contribution in [3.63, 3.8) is 0 Å². The summed E-state index contributed by atoms with van der Waals surface area (Å²) in [5.41, 5.74) is -0.235. The molecule has 1 aliphatic rings. The topological polar surface area (TPSA) is 93.7 Å². The summed E-state index contributed by atoms with van der Waals surface area (Å²) in [6.45, 7) is 6.67. The summed E-state index contributed by atoms with van der Waals surface area (Å²) in [5.74, 6) is -0.728. The zero-order valence-corrected chi connectivity index (χ0v) is 18.5. The fraction of sp³-hybridized carbons (Fsp3) is 0.688. The van der Waals surface area contributed by atoms with E-state index >= 15 is 0 Å². The van der Waals surface area contributed by atoms with Crippen molar-refractivity contribution in [2.24, 2.45) is 0 Å². The molecule has 0 spiro atoms. The van der Waals surface area contributed by atoms with E-state index in [-0.39, 0.29) is 22.5 Å². The molecule has 0 aromatic carbocycles. The van der Waals surface area contributed by atoms with Gasteiger partial charge in [-0.2, -0.15) is 0 Å². The summed E-state index contributed by atoms with van der Waals surface area (Å²) in [7, 11) is 1.28. The average Bonchev–Trinajstić information content (AvgIpc) is 2.48. The van der Waals surface area contributed by atoms with Crippen LogP contribution in [0.3, 0.4) is 0 Å². The molecule has 0 radical (unpaired) electrons. The average molecular weight is 476 g/mol. The second-order valence-electron chi connectivity index (χ2n) is 6.41. The number of hydrogen-bond donors (Lipinski definition) is 2. The molecule has 2 amide bonds. The van der Waals surface area contributed by atoms with Gasteiger partial charge in [0.2, 0.25) is 5.91 Å². The quantitative estimate of drug-likeness (QED) is 0.483. The highest BCUT2D eigenvalue weighted by Crippen LogP contribution is 2.26. The highest BCUT2D eigenvalue weighted by atomic mass is 79.9. The van der Waals surface area contributed by atoms with Crippen LogP contribution in [0, 0.1) is 0 Å². The van der Waals surface area contributed by atoms with Gasteiger partial charge in [-0.15, -0.1) is 23.2 Å². The molecular formula is C16H25BrCl2N2O5. The van der Waals surface area contributed by atoms with E-state index in [0.29, 0.717) is 5.57 Å². The molecule has 26 heavy (non-hydrogen) atoms. The summed E-state index contributed by atoms with van der Waals surface area (Å²) in [6.07, 6.45) is 1.33. The van der Waals surface area contributed by atoms with Gasteiger partial charge in [0, 0.05) is 18.9 Å². The van der Waals surface area contributed by atoms with E-state index in [0.717, 1.165) is 0 Å². The molecule has 0 saturated carbocycles. The minimum Gasteiger partial charge on any atom is -0.466 e. The summed E-state index contributed by atoms with van der Waals surface area (Å²) in [5, 5.41) is 5.65. The molecule has 2 N–H and O–H groups in total. The number of nitrogens with one attached hydrogen (secondary N) is 2. The first-order chi connectivity index (χ1) is 11.9. The largest absolute Gasteiger partial charge is 0.466 e. The zero-order valence-electron chi connectivity index (χ0n) is 15.4. The number of carbonyl (C=O) groups excluding carboxylic acids is 3. The second-order valence-corrected chi connectivity index (χ2v) is 8.28. The minimum absolute atomic E-state index is 0.194. The molecule has 0 heterocycles. The molecule has 1 rings (SSSR count). The van der Waals surface area contributed by atoms with Gasteiger partial charge in [-0.25, -0.2) is 9.59 Å². The molecule has 150 valence electrons. The molecule has 7 nitrogen and oxygen atoms in total. The van der Waals surface area contributed by atoms with Crippen LogP contribution in [0.1, 0.15) is 34.1 Å². The lowest BCUT2D eigenvalue weighted by Crippen LogP contribution is -2.54. The maximum absolute atomic E-state index is 12.0. The Kier molecular flexibility index (Phi) is 11.2. The van der Waals surface area contributed by atoms with Gasteiger partial charge in [0.1, 0.15) is 5.60 Å². The Labute approximate surface area is 172 Å². The maximum atomic E-state index is 12.0. The first-order valence-electron chi connectivity index (χ1n) is 7.76. The van der Waals surface area contributed by atoms with Crippen molar-refractivity contribution in [3.8, 4) is 0 Å². The van der Waals surface area contributed by atoms with Crippen molar-refractivity contribution in [1.82, 2.24) is 10.6 Å². The Morgan fingerprint density at radius 3 is 2.23 bits per heavy atom. The molecule has 10 heteroatoms. The van der Waals surface area contributed by atoms with E-state index in [1.165, 1.54) is 14.0 Å². The molecular weight excluding hydrogens is 451 g/mol. The van der Waals surface area contributed by atoms with Crippen molar-refractivity contribution in [1.29, 1.82) is 0 Å². The number of methoxy groups -OCH3 is 1. The van der Waals surface area contributed by atoms with Crippen molar-refractivity contribution in [3.05, 3.63) is 11.6 Å². The van der Waals surface area contributed by atoms with Gasteiger partial charge in [-0.1, -0.05) is 22.0 Å². The predicted molar refractivity (Wildman–Crippen MR) is 105 cm³/mol. The first-order valence-corrected chi connectivity index (χ1v) is 9.75. The van der Waals surface area contributed by atoms with Crippen LogP contribution in [0.15, 0.2) is 11.6 Å². The van der Waals surface area contributed by atoms with Crippen LogP contribution in [-0.4, -0.2) is 52.9 Å². The van der Waals surface area contributed by atoms with E-state index in [4.69, 9.17) is 32.7 Å². The number of alkyl halides is 3. The number of ether oxygens (including phenoxy) is 2. The molecule has 0 aromatic rings. The molecule has 0 aliphatic heterocycles. The van der Waals surface area contributed by atoms with Crippen molar-refractivity contribution < 1.29 is 23.9 Å². The van der Waals surface area contributed by atoms with E-state index in [1.807, 2.05) is 0 Å². The minimum atomic E-state index is -0.626. The molecule has 0 bridgehead atoms. The highest BCUT2D eigenvalue weighted by Gasteiger charge is 2.36.